The van der Waals surface area contributed by atoms with Gasteiger partial charge in [-0.05, 0) is 24.3 Å². The van der Waals surface area contributed by atoms with Gasteiger partial charge in [0, 0.05) is 17.3 Å². The molecule has 5 nitrogen and oxygen atoms in total. The minimum Gasteiger partial charge on any atom is -0.301 e. The van der Waals surface area contributed by atoms with Gasteiger partial charge in [-0.25, -0.2) is 13.8 Å². The number of anilines is 1. The topological polar surface area (TPSA) is 63.5 Å². The summed E-state index contributed by atoms with van der Waals surface area (Å²) < 4.78 is 67.3. The number of halogens is 5. The molecule has 10 heteroatoms. The van der Waals surface area contributed by atoms with Crippen molar-refractivity contribution in [3.63, 3.8) is 0 Å². The largest absolute Gasteiger partial charge is 0.471 e. The summed E-state index contributed by atoms with van der Waals surface area (Å²) in [7, 11) is 0. The van der Waals surface area contributed by atoms with Gasteiger partial charge in [-0.2, -0.15) is 13.2 Å². The fraction of sp³-hybridized carbons (Fsp3) is 0.0455. The van der Waals surface area contributed by atoms with Gasteiger partial charge in [0.25, 0.3) is 0 Å². The minimum absolute atomic E-state index is 0.0646. The highest BCUT2D eigenvalue weighted by Crippen LogP contribution is 2.31. The Balaban J connectivity index is 1.88. The normalized spacial score (nSPS) is 11.5. The van der Waals surface area contributed by atoms with Crippen molar-refractivity contribution in [2.24, 2.45) is 0 Å². The molecule has 0 saturated heterocycles. The number of carbonyl (C=O) groups is 2. The van der Waals surface area contributed by atoms with Crippen LogP contribution in [0.15, 0.2) is 66.9 Å². The summed E-state index contributed by atoms with van der Waals surface area (Å²) >= 11 is 0. The maximum Gasteiger partial charge on any atom is 0.471 e. The predicted octanol–water partition coefficient (Wildman–Crippen LogP) is 5.01. The van der Waals surface area contributed by atoms with Crippen LogP contribution < -0.4 is 5.32 Å². The second kappa shape index (κ2) is 7.88. The van der Waals surface area contributed by atoms with Crippen LogP contribution in [0.4, 0.5) is 27.8 Å². The summed E-state index contributed by atoms with van der Waals surface area (Å²) in [5.41, 5.74) is 0.0331. The van der Waals surface area contributed by atoms with Gasteiger partial charge in [-0.15, -0.1) is 0 Å². The molecule has 0 unspecified atom stereocenters. The number of hydrogen-bond donors (Lipinski definition) is 1. The first-order valence-corrected chi connectivity index (χ1v) is 9.11. The number of hydrogen-bond acceptors (Lipinski definition) is 3. The fourth-order valence-corrected chi connectivity index (χ4v) is 3.15. The SMILES string of the molecule is O=C(c1ccc2nc(NC(=O)C(F)(F)F)c(-c3ccccc3)n2c1)c1cccc(F)c1F. The molecule has 0 aliphatic carbocycles. The van der Waals surface area contributed by atoms with E-state index in [0.717, 1.165) is 12.1 Å². The molecule has 0 bridgehead atoms. The number of nitrogens with zero attached hydrogens (tertiary/aromatic N) is 2. The molecule has 2 aromatic heterocycles. The smallest absolute Gasteiger partial charge is 0.301 e. The van der Waals surface area contributed by atoms with Crippen molar-refractivity contribution in [1.82, 2.24) is 9.38 Å². The Hall–Kier alpha value is -4.08. The molecule has 0 spiro atoms. The number of nitrogens with one attached hydrogen (secondary N) is 1. The van der Waals surface area contributed by atoms with E-state index in [2.05, 4.69) is 4.98 Å². The van der Waals surface area contributed by atoms with Crippen LogP contribution in [0, 0.1) is 11.6 Å². The Morgan fingerprint density at radius 1 is 0.906 bits per heavy atom. The molecule has 1 N–H and O–H groups in total. The Kier molecular flexibility index (Phi) is 5.21. The maximum absolute atomic E-state index is 14.1. The quantitative estimate of drug-likeness (QED) is 0.355. The van der Waals surface area contributed by atoms with Crippen molar-refractivity contribution in [3.8, 4) is 11.3 Å². The summed E-state index contributed by atoms with van der Waals surface area (Å²) in [6, 6.07) is 13.9. The molecule has 32 heavy (non-hydrogen) atoms. The zero-order valence-corrected chi connectivity index (χ0v) is 16.0. The standard InChI is InChI=1S/C22H12F5N3O2/c23-15-8-4-7-14(17(15)24)19(31)13-9-10-16-28-20(29-21(32)22(25,26)27)18(30(16)11-13)12-5-2-1-3-6-12/h1-11H,(H,29,32). The summed E-state index contributed by atoms with van der Waals surface area (Å²) in [6.45, 7) is 0. The van der Waals surface area contributed by atoms with E-state index in [4.69, 9.17) is 0 Å². The van der Waals surface area contributed by atoms with Gasteiger partial charge in [0.15, 0.2) is 23.2 Å². The van der Waals surface area contributed by atoms with E-state index in [1.165, 1.54) is 28.8 Å². The van der Waals surface area contributed by atoms with E-state index in [0.29, 0.717) is 5.56 Å². The van der Waals surface area contributed by atoms with Crippen LogP contribution in [0.2, 0.25) is 0 Å². The van der Waals surface area contributed by atoms with Gasteiger partial charge in [-0.1, -0.05) is 36.4 Å². The highest BCUT2D eigenvalue weighted by atomic mass is 19.4. The minimum atomic E-state index is -5.14. The maximum atomic E-state index is 14.1. The molecule has 2 heterocycles. The Morgan fingerprint density at radius 3 is 2.31 bits per heavy atom. The lowest BCUT2D eigenvalue weighted by Gasteiger charge is -2.09. The summed E-state index contributed by atoms with van der Waals surface area (Å²) in [5, 5.41) is 1.74. The van der Waals surface area contributed by atoms with E-state index < -0.39 is 35.1 Å². The summed E-state index contributed by atoms with van der Waals surface area (Å²) in [6.07, 6.45) is -3.90. The molecule has 0 atom stereocenters. The van der Waals surface area contributed by atoms with Gasteiger partial charge in [-0.3, -0.25) is 14.0 Å². The van der Waals surface area contributed by atoms with Crippen molar-refractivity contribution in [2.45, 2.75) is 6.18 Å². The highest BCUT2D eigenvalue weighted by Gasteiger charge is 2.39. The van der Waals surface area contributed by atoms with Gasteiger partial charge >= 0.3 is 12.1 Å². The number of carbonyl (C=O) groups excluding carboxylic acids is 2. The molecular formula is C22H12F5N3O2. The number of pyridine rings is 1. The van der Waals surface area contributed by atoms with E-state index in [9.17, 15) is 31.5 Å². The second-order valence-corrected chi connectivity index (χ2v) is 6.70. The Labute approximate surface area is 177 Å². The average Bonchev–Trinajstić information content (AvgIpc) is 3.12. The first-order chi connectivity index (χ1) is 15.2. The lowest BCUT2D eigenvalue weighted by atomic mass is 10.0. The lowest BCUT2D eigenvalue weighted by Crippen LogP contribution is -2.30. The number of fused-ring (bicyclic) bond motifs is 1. The molecule has 0 aliphatic rings. The molecule has 0 aliphatic heterocycles. The average molecular weight is 445 g/mol. The first kappa shape index (κ1) is 21.2. The van der Waals surface area contributed by atoms with Gasteiger partial charge in [0.05, 0.1) is 11.3 Å². The third-order valence-electron chi connectivity index (χ3n) is 4.61. The molecule has 0 saturated carbocycles. The third-order valence-corrected chi connectivity index (χ3v) is 4.61. The van der Waals surface area contributed by atoms with E-state index in [-0.39, 0.29) is 22.7 Å². The highest BCUT2D eigenvalue weighted by molar-refractivity contribution is 6.09. The number of rotatable bonds is 4. The Morgan fingerprint density at radius 2 is 1.62 bits per heavy atom. The van der Waals surface area contributed by atoms with Gasteiger partial charge in [0.1, 0.15) is 5.65 Å². The van der Waals surface area contributed by atoms with Crippen LogP contribution in [-0.2, 0) is 4.79 Å². The molecule has 0 radical (unpaired) electrons. The lowest BCUT2D eigenvalue weighted by molar-refractivity contribution is -0.167. The van der Waals surface area contributed by atoms with Crippen molar-refractivity contribution in [2.75, 3.05) is 5.32 Å². The second-order valence-electron chi connectivity index (χ2n) is 6.70. The van der Waals surface area contributed by atoms with E-state index >= 15 is 0 Å². The monoisotopic (exact) mass is 445 g/mol. The van der Waals surface area contributed by atoms with Crippen molar-refractivity contribution >= 4 is 23.2 Å². The molecule has 4 rings (SSSR count). The van der Waals surface area contributed by atoms with Crippen LogP contribution in [0.3, 0.4) is 0 Å². The molecule has 1 amide bonds. The molecule has 4 aromatic rings. The molecule has 162 valence electrons. The van der Waals surface area contributed by atoms with Crippen molar-refractivity contribution < 1.29 is 31.5 Å². The number of alkyl halides is 3. The molecule has 2 aromatic carbocycles. The van der Waals surface area contributed by atoms with E-state index in [1.54, 1.807) is 35.6 Å². The van der Waals surface area contributed by atoms with Crippen molar-refractivity contribution in [1.29, 1.82) is 0 Å². The molecule has 0 fully saturated rings. The zero-order chi connectivity index (χ0) is 23.0. The van der Waals surface area contributed by atoms with Crippen LogP contribution in [0.5, 0.6) is 0 Å². The number of imidazole rings is 1. The first-order valence-electron chi connectivity index (χ1n) is 9.11. The van der Waals surface area contributed by atoms with Crippen LogP contribution >= 0.6 is 0 Å². The van der Waals surface area contributed by atoms with Crippen LogP contribution in [0.25, 0.3) is 16.9 Å². The predicted molar refractivity (Wildman–Crippen MR) is 105 cm³/mol. The number of benzene rings is 2. The van der Waals surface area contributed by atoms with Crippen LogP contribution in [0.1, 0.15) is 15.9 Å². The number of amides is 1. The molecular weight excluding hydrogens is 433 g/mol. The zero-order valence-electron chi connectivity index (χ0n) is 16.0. The fourth-order valence-electron chi connectivity index (χ4n) is 3.15. The van der Waals surface area contributed by atoms with Crippen molar-refractivity contribution in [3.05, 3.63) is 89.6 Å². The van der Waals surface area contributed by atoms with Gasteiger partial charge in [0.2, 0.25) is 0 Å². The summed E-state index contributed by atoms with van der Waals surface area (Å²) in [4.78, 5) is 28.3. The summed E-state index contributed by atoms with van der Waals surface area (Å²) in [5.74, 6) is -5.93. The Bertz CT molecular complexity index is 1350. The third kappa shape index (κ3) is 3.82. The van der Waals surface area contributed by atoms with Crippen LogP contribution in [-0.4, -0.2) is 27.3 Å². The van der Waals surface area contributed by atoms with Gasteiger partial charge < -0.3 is 5.32 Å². The number of aromatic nitrogens is 2. The van der Waals surface area contributed by atoms with E-state index in [1.807, 2.05) is 0 Å². The number of ketones is 1.